The van der Waals surface area contributed by atoms with Gasteiger partial charge in [0.15, 0.2) is 11.9 Å². The Hall–Kier alpha value is -2.16. The van der Waals surface area contributed by atoms with Gasteiger partial charge in [-0.25, -0.2) is 9.97 Å². The number of hydrogen-bond donors (Lipinski definition) is 3. The number of aliphatic hydroxyl groups excluding tert-OH is 1. The molecule has 1 aliphatic carbocycles. The first-order chi connectivity index (χ1) is 12.3. The number of carbonyl (C=O) groups excluding carboxylic acids is 1. The molecule has 26 heavy (non-hydrogen) atoms. The second kappa shape index (κ2) is 6.22. The quantitative estimate of drug-likeness (QED) is 0.474. The van der Waals surface area contributed by atoms with Crippen LogP contribution >= 0.6 is 11.6 Å². The number of nitrogens with zero attached hydrogens (tertiary/aromatic N) is 3. The van der Waals surface area contributed by atoms with Crippen molar-refractivity contribution in [3.63, 3.8) is 0 Å². The molecule has 3 unspecified atom stereocenters. The Kier molecular flexibility index (Phi) is 4.13. The summed E-state index contributed by atoms with van der Waals surface area (Å²) in [4.78, 5) is 24.1. The van der Waals surface area contributed by atoms with E-state index in [1.807, 2.05) is 17.6 Å². The molecule has 0 bridgehead atoms. The first kappa shape index (κ1) is 17.3. The maximum absolute atomic E-state index is 11.8. The minimum atomic E-state index is -0.964. The molecule has 9 heteroatoms. The molecule has 1 amide bonds. The lowest BCUT2D eigenvalue weighted by Gasteiger charge is -2.18. The molecule has 0 aliphatic heterocycles. The fraction of sp³-hybridized carbons (Fsp3) is 0.471. The lowest BCUT2D eigenvalue weighted by molar-refractivity contribution is -0.146. The van der Waals surface area contributed by atoms with Gasteiger partial charge in [0.25, 0.3) is 0 Å². The zero-order valence-electron chi connectivity index (χ0n) is 14.4. The summed E-state index contributed by atoms with van der Waals surface area (Å²) in [6.45, 7) is 3.47. The van der Waals surface area contributed by atoms with Gasteiger partial charge in [-0.15, -0.1) is 0 Å². The number of aromatic amines is 1. The normalized spacial score (nSPS) is 24.5. The molecule has 3 aromatic heterocycles. The van der Waals surface area contributed by atoms with Crippen molar-refractivity contribution >= 4 is 39.6 Å². The molecule has 0 spiro atoms. The zero-order valence-corrected chi connectivity index (χ0v) is 15.2. The van der Waals surface area contributed by atoms with E-state index < -0.39 is 24.2 Å². The number of ether oxygens (including phenoxy) is 1. The van der Waals surface area contributed by atoms with Crippen LogP contribution in [0, 0.1) is 12.8 Å². The van der Waals surface area contributed by atoms with E-state index in [4.69, 9.17) is 22.1 Å². The number of aliphatic hydroxyl groups is 1. The molecule has 0 saturated heterocycles. The van der Waals surface area contributed by atoms with Crippen molar-refractivity contribution in [3.8, 4) is 0 Å². The standard InChI is InChI=1S/C17H20ClN5O3/c1-7-3-11-13(21-7)14-17(22-15(11)18)23(6-20-14)9-4-10(16(19)25)12(5-9)26-8(2)24/h3,6,8-10,12,21,24H,4-5H2,1-2H3,(H2,19,25)/t8?,9?,10?,12-/m0/s1. The molecule has 0 aromatic carbocycles. The number of nitrogens with one attached hydrogen (secondary N) is 1. The number of H-pyrrole nitrogens is 1. The fourth-order valence-electron chi connectivity index (χ4n) is 3.90. The van der Waals surface area contributed by atoms with Crippen LogP contribution < -0.4 is 5.73 Å². The Morgan fingerprint density at radius 3 is 3.00 bits per heavy atom. The Morgan fingerprint density at radius 2 is 2.31 bits per heavy atom. The third kappa shape index (κ3) is 2.74. The van der Waals surface area contributed by atoms with Crippen LogP contribution in [0.3, 0.4) is 0 Å². The fourth-order valence-corrected chi connectivity index (χ4v) is 4.13. The SMILES string of the molecule is Cc1cc2c(Cl)nc3c(ncn3C3CC(C(N)=O)[C@@H](OC(C)O)C3)c2[nH]1. The summed E-state index contributed by atoms with van der Waals surface area (Å²) >= 11 is 6.36. The molecule has 0 radical (unpaired) electrons. The van der Waals surface area contributed by atoms with Gasteiger partial charge in [-0.3, -0.25) is 4.79 Å². The van der Waals surface area contributed by atoms with Crippen molar-refractivity contribution in [2.75, 3.05) is 0 Å². The highest BCUT2D eigenvalue weighted by molar-refractivity contribution is 6.35. The number of aryl methyl sites for hydroxylation is 1. The van der Waals surface area contributed by atoms with Gasteiger partial charge >= 0.3 is 0 Å². The number of nitrogens with two attached hydrogens (primary N) is 1. The lowest BCUT2D eigenvalue weighted by Crippen LogP contribution is -2.33. The predicted molar refractivity (Wildman–Crippen MR) is 96.6 cm³/mol. The van der Waals surface area contributed by atoms with Crippen molar-refractivity contribution in [2.24, 2.45) is 11.7 Å². The third-order valence-corrected chi connectivity index (χ3v) is 5.28. The van der Waals surface area contributed by atoms with Crippen molar-refractivity contribution in [1.82, 2.24) is 19.5 Å². The van der Waals surface area contributed by atoms with E-state index in [1.54, 1.807) is 6.33 Å². The molecule has 1 saturated carbocycles. The smallest absolute Gasteiger partial charge is 0.223 e. The van der Waals surface area contributed by atoms with E-state index in [0.717, 1.165) is 22.1 Å². The number of imidazole rings is 1. The molecule has 138 valence electrons. The Morgan fingerprint density at radius 1 is 1.54 bits per heavy atom. The molecule has 1 aliphatic rings. The lowest BCUT2D eigenvalue weighted by atomic mass is 10.1. The van der Waals surface area contributed by atoms with Gasteiger partial charge in [0.2, 0.25) is 5.91 Å². The summed E-state index contributed by atoms with van der Waals surface area (Å²) in [5, 5.41) is 10.8. The van der Waals surface area contributed by atoms with Gasteiger partial charge in [-0.2, -0.15) is 0 Å². The van der Waals surface area contributed by atoms with Crippen LogP contribution in [-0.2, 0) is 9.53 Å². The Bertz CT molecular complexity index is 995. The number of rotatable bonds is 4. The first-order valence-electron chi connectivity index (χ1n) is 8.49. The summed E-state index contributed by atoms with van der Waals surface area (Å²) in [6, 6.07) is 1.87. The average Bonchev–Trinajstić information content (AvgIpc) is 3.22. The van der Waals surface area contributed by atoms with Crippen molar-refractivity contribution in [2.45, 2.75) is 45.1 Å². The highest BCUT2D eigenvalue weighted by Gasteiger charge is 2.40. The summed E-state index contributed by atoms with van der Waals surface area (Å²) < 4.78 is 7.41. The second-order valence-corrected chi connectivity index (χ2v) is 7.23. The minimum Gasteiger partial charge on any atom is -0.369 e. The number of amides is 1. The molecular weight excluding hydrogens is 358 g/mol. The molecule has 4 rings (SSSR count). The molecule has 1 fully saturated rings. The number of pyridine rings is 1. The Balaban J connectivity index is 1.76. The van der Waals surface area contributed by atoms with Crippen molar-refractivity contribution < 1.29 is 14.6 Å². The van der Waals surface area contributed by atoms with E-state index in [1.165, 1.54) is 6.92 Å². The van der Waals surface area contributed by atoms with Gasteiger partial charge in [0.1, 0.15) is 10.7 Å². The molecule has 3 aromatic rings. The molecule has 4 atom stereocenters. The number of primary amides is 1. The maximum atomic E-state index is 11.8. The van der Waals surface area contributed by atoms with Crippen molar-refractivity contribution in [1.29, 1.82) is 0 Å². The second-order valence-electron chi connectivity index (χ2n) is 6.88. The predicted octanol–water partition coefficient (Wildman–Crippen LogP) is 2.03. The monoisotopic (exact) mass is 377 g/mol. The van der Waals surface area contributed by atoms with E-state index in [-0.39, 0.29) is 6.04 Å². The molecule has 8 nitrogen and oxygen atoms in total. The topological polar surface area (TPSA) is 119 Å². The van der Waals surface area contributed by atoms with Gasteiger partial charge in [-0.1, -0.05) is 11.6 Å². The van der Waals surface area contributed by atoms with E-state index in [2.05, 4.69) is 15.0 Å². The van der Waals surface area contributed by atoms with E-state index in [0.29, 0.717) is 23.6 Å². The number of aromatic nitrogens is 4. The number of carbonyl (C=O) groups is 1. The third-order valence-electron chi connectivity index (χ3n) is 4.99. The van der Waals surface area contributed by atoms with Crippen LogP contribution in [0.1, 0.15) is 31.5 Å². The highest BCUT2D eigenvalue weighted by atomic mass is 35.5. The zero-order chi connectivity index (χ0) is 18.6. The van der Waals surface area contributed by atoms with Crippen molar-refractivity contribution in [3.05, 3.63) is 23.2 Å². The van der Waals surface area contributed by atoms with Crippen LogP contribution in [0.5, 0.6) is 0 Å². The van der Waals surface area contributed by atoms with Gasteiger partial charge in [0, 0.05) is 17.1 Å². The number of hydrogen-bond acceptors (Lipinski definition) is 5. The van der Waals surface area contributed by atoms with E-state index in [9.17, 15) is 9.90 Å². The van der Waals surface area contributed by atoms with Crippen LogP contribution in [-0.4, -0.2) is 42.9 Å². The maximum Gasteiger partial charge on any atom is 0.223 e. The van der Waals surface area contributed by atoms with Crippen LogP contribution in [0.4, 0.5) is 0 Å². The van der Waals surface area contributed by atoms with Crippen LogP contribution in [0.2, 0.25) is 5.15 Å². The molecule has 4 N–H and O–H groups in total. The summed E-state index contributed by atoms with van der Waals surface area (Å²) in [6.07, 6.45) is 1.33. The van der Waals surface area contributed by atoms with Gasteiger partial charge in [0.05, 0.1) is 23.9 Å². The summed E-state index contributed by atoms with van der Waals surface area (Å²) in [5.41, 5.74) is 8.73. The minimum absolute atomic E-state index is 0.0710. The Labute approximate surface area is 154 Å². The number of fused-ring (bicyclic) bond motifs is 3. The average molecular weight is 378 g/mol. The molecule has 3 heterocycles. The van der Waals surface area contributed by atoms with Gasteiger partial charge in [-0.05, 0) is 32.8 Å². The first-order valence-corrected chi connectivity index (χ1v) is 8.87. The summed E-state index contributed by atoms with van der Waals surface area (Å²) in [5.74, 6) is -0.907. The van der Waals surface area contributed by atoms with Gasteiger partial charge < -0.3 is 25.1 Å². The largest absolute Gasteiger partial charge is 0.369 e. The van der Waals surface area contributed by atoms with Crippen LogP contribution in [0.15, 0.2) is 12.4 Å². The summed E-state index contributed by atoms with van der Waals surface area (Å²) in [7, 11) is 0. The molecular formula is C17H20ClN5O3. The van der Waals surface area contributed by atoms with Crippen LogP contribution in [0.25, 0.3) is 22.1 Å². The highest BCUT2D eigenvalue weighted by Crippen LogP contribution is 2.39. The number of halogens is 1. The van der Waals surface area contributed by atoms with E-state index >= 15 is 0 Å².